The Morgan fingerprint density at radius 2 is 0.424 bits per heavy atom. The van der Waals surface area contributed by atoms with Crippen LogP contribution < -0.4 is 0 Å². The monoisotopic (exact) mass is 1480 g/mol. The number of hydrogen-bond acceptors (Lipinski definition) is 6. The fourth-order valence-corrected chi connectivity index (χ4v) is 18.1. The van der Waals surface area contributed by atoms with E-state index >= 15 is 79.0 Å². The number of rotatable bonds is 9. The first kappa shape index (κ1) is 69.2. The molecule has 10 aromatic rings. The maximum atomic E-state index is 16.3. The van der Waals surface area contributed by atoms with E-state index in [0.29, 0.717) is 65.3 Å². The SMILES string of the molecule is Cc1sc(C#Cc2cc(C#Cc3cc(C4=C(c5cc(-c6ccccc6)sc5C)C(F)(F)C(F)(F)C4(F)F)c(C)s3)cc(C#Cc3cc(C4=C(c5cc(-c6ccccc6)sc5C)C(F)(F)C(F)(F)C4(F)F)c(C)s3)c2)cc1C1=C(c2cc(-c3ccccc3)sc2C)C(F)(F)C(F)(F)C1(F)F. The summed E-state index contributed by atoms with van der Waals surface area (Å²) in [6.07, 6.45) is 0. The number of hydrogen-bond donors (Lipinski definition) is 0. The molecule has 0 aliphatic heterocycles. The van der Waals surface area contributed by atoms with Crippen molar-refractivity contribution in [2.45, 2.75) is 94.8 Å². The topological polar surface area (TPSA) is 0 Å². The molecule has 0 nitrogen and oxygen atoms in total. The van der Waals surface area contributed by atoms with Crippen molar-refractivity contribution in [3.63, 3.8) is 0 Å². The fraction of sp³-hybridized carbons (Fsp3) is 0.200. The van der Waals surface area contributed by atoms with Gasteiger partial charge in [-0.05, 0) is 146 Å². The van der Waals surface area contributed by atoms with Gasteiger partial charge in [0.2, 0.25) is 0 Å². The average Bonchev–Trinajstić information content (AvgIpc) is 1.54. The van der Waals surface area contributed by atoms with Gasteiger partial charge >= 0.3 is 53.3 Å². The van der Waals surface area contributed by atoms with Crippen molar-refractivity contribution in [2.24, 2.45) is 0 Å². The van der Waals surface area contributed by atoms with Gasteiger partial charge in [-0.2, -0.15) is 79.0 Å². The Balaban J connectivity index is 0.928. The van der Waals surface area contributed by atoms with E-state index in [0.717, 1.165) is 70.4 Å². The molecule has 4 aromatic carbocycles. The summed E-state index contributed by atoms with van der Waals surface area (Å²) in [5.74, 6) is -33.6. The second kappa shape index (κ2) is 23.9. The number of thiophene rings is 6. The molecule has 0 fully saturated rings. The standard InChI is InChI=1S/C75H42F18S6/c1-37-52(61-64(70(82,83)73(88,89)67(61,76)77)55-34-58(97-40(55)4)46-16-10-7-11-17-46)31-49(94-37)25-22-43-28-44(23-26-50-32-53(38(2)95-50)62-65(71(84,85)74(90,91)68(62,78)79)56-35-59(98-41(56)5)47-18-12-8-13-19-47)30-45(29-43)24-27-51-33-54(39(3)96-51)63-66(72(86,87)75(92,93)69(63,80)81)57-36-60(99-42(57)6)48-20-14-9-15-21-48/h7-21,28-36H,1-6H3. The molecule has 0 N–H and O–H groups in total. The summed E-state index contributed by atoms with van der Waals surface area (Å²) in [6, 6.07) is 34.9. The Hall–Kier alpha value is -8.28. The van der Waals surface area contributed by atoms with E-state index in [1.807, 2.05) is 0 Å². The zero-order valence-electron chi connectivity index (χ0n) is 51.6. The minimum absolute atomic E-state index is 0.0203. The van der Waals surface area contributed by atoms with Crippen LogP contribution >= 0.6 is 68.0 Å². The predicted molar refractivity (Wildman–Crippen MR) is 360 cm³/mol. The lowest BCUT2D eigenvalue weighted by molar-refractivity contribution is -0.254. The third kappa shape index (κ3) is 10.8. The van der Waals surface area contributed by atoms with Gasteiger partial charge in [0, 0.05) is 94.0 Å². The average molecular weight is 1480 g/mol. The Bertz CT molecular complexity index is 4740. The smallest absolute Gasteiger partial charge is 0.194 e. The van der Waals surface area contributed by atoms with Crippen molar-refractivity contribution >= 4 is 101 Å². The van der Waals surface area contributed by atoms with E-state index in [2.05, 4.69) is 35.5 Å². The highest BCUT2D eigenvalue weighted by molar-refractivity contribution is 7.16. The van der Waals surface area contributed by atoms with E-state index in [1.54, 1.807) is 91.0 Å². The van der Waals surface area contributed by atoms with Crippen LogP contribution in [-0.4, -0.2) is 53.3 Å². The fourth-order valence-electron chi connectivity index (χ4n) is 12.3. The molecule has 0 spiro atoms. The molecule has 99 heavy (non-hydrogen) atoms. The van der Waals surface area contributed by atoms with Crippen molar-refractivity contribution in [1.82, 2.24) is 0 Å². The molecule has 3 aliphatic rings. The summed E-state index contributed by atoms with van der Waals surface area (Å²) in [4.78, 5) is 0.506. The summed E-state index contributed by atoms with van der Waals surface area (Å²) in [7, 11) is 0. The molecular weight excluding hydrogens is 1440 g/mol. The van der Waals surface area contributed by atoms with Gasteiger partial charge in [0.25, 0.3) is 0 Å². The first-order valence-corrected chi connectivity index (χ1v) is 34.4. The first-order chi connectivity index (χ1) is 46.3. The normalized spacial score (nSPS) is 18.7. The van der Waals surface area contributed by atoms with Gasteiger partial charge in [0.15, 0.2) is 0 Å². The van der Waals surface area contributed by atoms with Crippen molar-refractivity contribution < 1.29 is 79.0 Å². The summed E-state index contributed by atoms with van der Waals surface area (Å²) in [6.45, 7) is 7.76. The lowest BCUT2D eigenvalue weighted by Gasteiger charge is -2.25. The molecule has 0 bridgehead atoms. The van der Waals surface area contributed by atoms with Gasteiger partial charge in [0.05, 0.1) is 14.6 Å². The lowest BCUT2D eigenvalue weighted by atomic mass is 9.94. The summed E-state index contributed by atoms with van der Waals surface area (Å²) in [5.41, 5.74) is -11.7. The van der Waals surface area contributed by atoms with Crippen LogP contribution in [0.25, 0.3) is 64.8 Å². The molecular formula is C75H42F18S6. The van der Waals surface area contributed by atoms with Crippen LogP contribution in [0.5, 0.6) is 0 Å². The van der Waals surface area contributed by atoms with E-state index in [4.69, 9.17) is 0 Å². The Kier molecular flexibility index (Phi) is 16.7. The van der Waals surface area contributed by atoms with Crippen molar-refractivity contribution in [2.75, 3.05) is 0 Å². The number of allylic oxidation sites excluding steroid dienone is 6. The van der Waals surface area contributed by atoms with Crippen LogP contribution in [-0.2, 0) is 0 Å². The first-order valence-electron chi connectivity index (χ1n) is 29.5. The van der Waals surface area contributed by atoms with Crippen LogP contribution in [0.1, 0.15) is 94.0 Å². The van der Waals surface area contributed by atoms with Crippen molar-refractivity contribution in [3.05, 3.63) is 240 Å². The molecule has 0 saturated heterocycles. The summed E-state index contributed by atoms with van der Waals surface area (Å²) in [5, 5.41) is 0. The van der Waals surface area contributed by atoms with Gasteiger partial charge < -0.3 is 0 Å². The maximum absolute atomic E-state index is 16.3. The molecule has 6 heterocycles. The third-order valence-electron chi connectivity index (χ3n) is 17.2. The quantitative estimate of drug-likeness (QED) is 0.0998. The molecule has 0 atom stereocenters. The second-order valence-electron chi connectivity index (χ2n) is 23.5. The Morgan fingerprint density at radius 1 is 0.232 bits per heavy atom. The lowest BCUT2D eigenvalue weighted by Crippen LogP contribution is -2.48. The van der Waals surface area contributed by atoms with Gasteiger partial charge in [-0.3, -0.25) is 0 Å². The van der Waals surface area contributed by atoms with Crippen LogP contribution in [0.3, 0.4) is 0 Å². The zero-order chi connectivity index (χ0) is 71.3. The predicted octanol–water partition coefficient (Wildman–Crippen LogP) is 24.6. The minimum Gasteiger partial charge on any atom is -0.194 e. The van der Waals surface area contributed by atoms with Crippen LogP contribution in [0.4, 0.5) is 79.0 Å². The van der Waals surface area contributed by atoms with E-state index < -0.39 is 120 Å². The molecule has 24 heteroatoms. The molecule has 0 amide bonds. The minimum atomic E-state index is -5.90. The highest BCUT2D eigenvalue weighted by Crippen LogP contribution is 2.69. The maximum Gasteiger partial charge on any atom is 0.380 e. The van der Waals surface area contributed by atoms with Crippen LogP contribution in [0, 0.1) is 77.1 Å². The van der Waals surface area contributed by atoms with Crippen LogP contribution in [0.15, 0.2) is 146 Å². The van der Waals surface area contributed by atoms with E-state index in [9.17, 15) is 0 Å². The number of aryl methyl sites for hydroxylation is 6. The number of alkyl halides is 18. The molecule has 0 unspecified atom stereocenters. The third-order valence-corrected chi connectivity index (χ3v) is 23.4. The molecule has 13 rings (SSSR count). The Morgan fingerprint density at radius 3 is 0.636 bits per heavy atom. The van der Waals surface area contributed by atoms with Gasteiger partial charge in [-0.1, -0.05) is 127 Å². The molecule has 3 aliphatic carbocycles. The van der Waals surface area contributed by atoms with E-state index in [-0.39, 0.29) is 60.6 Å². The van der Waals surface area contributed by atoms with Crippen molar-refractivity contribution in [1.29, 1.82) is 0 Å². The van der Waals surface area contributed by atoms with Gasteiger partial charge in [0.1, 0.15) is 0 Å². The van der Waals surface area contributed by atoms with Crippen LogP contribution in [0.2, 0.25) is 0 Å². The zero-order valence-corrected chi connectivity index (χ0v) is 56.5. The summed E-state index contributed by atoms with van der Waals surface area (Å²) < 4.78 is 288. The highest BCUT2D eigenvalue weighted by Gasteiger charge is 2.83. The molecule has 504 valence electrons. The highest BCUT2D eigenvalue weighted by atomic mass is 32.1. The second-order valence-corrected chi connectivity index (χ2v) is 31.1. The Labute approximate surface area is 578 Å². The van der Waals surface area contributed by atoms with Crippen molar-refractivity contribution in [3.8, 4) is 66.8 Å². The number of halogens is 18. The largest absolute Gasteiger partial charge is 0.380 e. The molecule has 6 aromatic heterocycles. The molecule has 0 radical (unpaired) electrons. The van der Waals surface area contributed by atoms with Gasteiger partial charge in [-0.15, -0.1) is 68.0 Å². The van der Waals surface area contributed by atoms with Gasteiger partial charge in [-0.25, -0.2) is 0 Å². The molecule has 0 saturated carbocycles. The summed E-state index contributed by atoms with van der Waals surface area (Å²) >= 11 is 4.88. The number of benzene rings is 4. The van der Waals surface area contributed by atoms with E-state index in [1.165, 1.54) is 59.7 Å².